The van der Waals surface area contributed by atoms with Gasteiger partial charge in [0.05, 0.1) is 4.92 Å². The zero-order chi connectivity index (χ0) is 16.5. The van der Waals surface area contributed by atoms with Gasteiger partial charge in [0.25, 0.3) is 5.69 Å². The number of aldehydes is 1. The molecular weight excluding hydrogens is 290 g/mol. The van der Waals surface area contributed by atoms with Crippen LogP contribution in [0.1, 0.15) is 15.9 Å². The monoisotopic (exact) mass is 301 g/mol. The minimum Gasteiger partial charge on any atom is -0.476 e. The second-order valence-electron chi connectivity index (χ2n) is 3.96. The van der Waals surface area contributed by atoms with Gasteiger partial charge in [0.15, 0.2) is 5.78 Å². The van der Waals surface area contributed by atoms with Gasteiger partial charge in [-0.25, -0.2) is 4.79 Å². The Bertz CT molecular complexity index is 679. The highest BCUT2D eigenvalue weighted by molar-refractivity contribution is 6.19. The molecule has 0 radical (unpaired) electrons. The van der Waals surface area contributed by atoms with Crippen molar-refractivity contribution in [1.82, 2.24) is 0 Å². The number of ketones is 1. The van der Waals surface area contributed by atoms with Gasteiger partial charge in [-0.1, -0.05) is 30.3 Å². The molecule has 1 N–H and O–H groups in total. The van der Waals surface area contributed by atoms with Crippen LogP contribution in [0.15, 0.2) is 54.6 Å². The number of nitrogens with zero attached hydrogens (tertiary/aromatic N) is 1. The average molecular weight is 301 g/mol. The molecule has 2 rings (SSSR count). The smallest absolute Gasteiger partial charge is 0.368 e. The number of carbonyl (C=O) groups is 3. The first-order valence-electron chi connectivity index (χ1n) is 5.98. The number of aliphatic carboxylic acids is 1. The maximum absolute atomic E-state index is 12.0. The summed E-state index contributed by atoms with van der Waals surface area (Å²) in [6.45, 7) is 0. The predicted molar refractivity (Wildman–Crippen MR) is 76.7 cm³/mol. The first kappa shape index (κ1) is 16.7. The Kier molecular flexibility index (Phi) is 6.11. The molecule has 22 heavy (non-hydrogen) atoms. The normalized spacial score (nSPS) is 9.09. The number of carboxylic acid groups (broad SMARTS) is 1. The molecule has 0 spiro atoms. The minimum absolute atomic E-state index is 0.0189. The quantitative estimate of drug-likeness (QED) is 0.304. The standard InChI is InChI=1S/C13H9NO3.C2H2O3/c15-13(10-4-2-1-3-5-10)11-6-8-12(9-7-11)14(16)17;3-1-2(4)5/h1-9H;1H,(H,4,5). The lowest BCUT2D eigenvalue weighted by Gasteiger charge is -2.00. The van der Waals surface area contributed by atoms with Crippen molar-refractivity contribution >= 4 is 23.7 Å². The van der Waals surface area contributed by atoms with Gasteiger partial charge < -0.3 is 5.11 Å². The van der Waals surface area contributed by atoms with Crippen molar-refractivity contribution in [2.45, 2.75) is 0 Å². The first-order chi connectivity index (χ1) is 10.5. The van der Waals surface area contributed by atoms with Gasteiger partial charge >= 0.3 is 5.97 Å². The molecule has 7 nitrogen and oxygen atoms in total. The van der Waals surface area contributed by atoms with Crippen molar-refractivity contribution in [1.29, 1.82) is 0 Å². The number of hydrogen-bond donors (Lipinski definition) is 1. The van der Waals surface area contributed by atoms with Crippen molar-refractivity contribution in [3.63, 3.8) is 0 Å². The van der Waals surface area contributed by atoms with Crippen molar-refractivity contribution in [2.24, 2.45) is 0 Å². The van der Waals surface area contributed by atoms with E-state index in [1.165, 1.54) is 24.3 Å². The van der Waals surface area contributed by atoms with E-state index >= 15 is 0 Å². The highest BCUT2D eigenvalue weighted by atomic mass is 16.6. The van der Waals surface area contributed by atoms with Gasteiger partial charge in [0, 0.05) is 23.3 Å². The molecule has 0 fully saturated rings. The van der Waals surface area contributed by atoms with E-state index in [2.05, 4.69) is 0 Å². The zero-order valence-corrected chi connectivity index (χ0v) is 11.2. The van der Waals surface area contributed by atoms with Gasteiger partial charge in [-0.2, -0.15) is 0 Å². The zero-order valence-electron chi connectivity index (χ0n) is 11.2. The van der Waals surface area contributed by atoms with Crippen LogP contribution in [0.3, 0.4) is 0 Å². The van der Waals surface area contributed by atoms with Crippen molar-refractivity contribution in [2.75, 3.05) is 0 Å². The molecule has 0 bridgehead atoms. The van der Waals surface area contributed by atoms with E-state index in [1.54, 1.807) is 24.3 Å². The van der Waals surface area contributed by atoms with Crippen LogP contribution < -0.4 is 0 Å². The fourth-order valence-corrected chi connectivity index (χ4v) is 1.49. The Balaban J connectivity index is 0.000000422. The fourth-order valence-electron chi connectivity index (χ4n) is 1.49. The number of carboxylic acids is 1. The maximum Gasteiger partial charge on any atom is 0.368 e. The maximum atomic E-state index is 12.0. The number of carbonyl (C=O) groups excluding carboxylic acids is 2. The summed E-state index contributed by atoms with van der Waals surface area (Å²) in [5.41, 5.74) is 0.998. The fraction of sp³-hybridized carbons (Fsp3) is 0. The van der Waals surface area contributed by atoms with Crippen LogP contribution in [-0.2, 0) is 9.59 Å². The van der Waals surface area contributed by atoms with E-state index in [1.807, 2.05) is 6.07 Å². The molecule has 0 saturated carbocycles. The summed E-state index contributed by atoms with van der Waals surface area (Å²) in [6.07, 6.45) is -0.167. The Morgan fingerprint density at radius 1 is 0.955 bits per heavy atom. The van der Waals surface area contributed by atoms with Gasteiger partial charge in [0.1, 0.15) is 0 Å². The van der Waals surface area contributed by atoms with Crippen LogP contribution in [0, 0.1) is 10.1 Å². The van der Waals surface area contributed by atoms with E-state index in [4.69, 9.17) is 14.7 Å². The summed E-state index contributed by atoms with van der Waals surface area (Å²) in [6, 6.07) is 14.4. The van der Waals surface area contributed by atoms with Crippen LogP contribution in [0.25, 0.3) is 0 Å². The van der Waals surface area contributed by atoms with E-state index in [9.17, 15) is 14.9 Å². The second kappa shape index (κ2) is 8.05. The van der Waals surface area contributed by atoms with E-state index < -0.39 is 10.9 Å². The molecule has 0 unspecified atom stereocenters. The van der Waals surface area contributed by atoms with Crippen molar-refractivity contribution in [3.05, 3.63) is 75.8 Å². The summed E-state index contributed by atoms with van der Waals surface area (Å²) >= 11 is 0. The summed E-state index contributed by atoms with van der Waals surface area (Å²) in [7, 11) is 0. The topological polar surface area (TPSA) is 115 Å². The molecule has 0 saturated heterocycles. The van der Waals surface area contributed by atoms with Crippen LogP contribution in [0.2, 0.25) is 0 Å². The van der Waals surface area contributed by atoms with E-state index in [0.29, 0.717) is 11.1 Å². The third-order valence-corrected chi connectivity index (χ3v) is 2.48. The minimum atomic E-state index is -1.43. The highest BCUT2D eigenvalue weighted by Gasteiger charge is 2.10. The molecule has 0 aliphatic rings. The SMILES string of the molecule is O=C(c1ccccc1)c1ccc([N+](=O)[O-])cc1.O=CC(=O)O. The molecular formula is C15H11NO6. The first-order valence-corrected chi connectivity index (χ1v) is 5.98. The molecule has 0 aliphatic heterocycles. The molecule has 0 heterocycles. The summed E-state index contributed by atoms with van der Waals surface area (Å²) < 4.78 is 0. The number of hydrogen-bond acceptors (Lipinski definition) is 5. The summed E-state index contributed by atoms with van der Waals surface area (Å²) in [5, 5.41) is 17.8. The van der Waals surface area contributed by atoms with Crippen LogP contribution in [0.5, 0.6) is 0 Å². The van der Waals surface area contributed by atoms with E-state index in [-0.39, 0.29) is 17.8 Å². The Morgan fingerprint density at radius 2 is 1.41 bits per heavy atom. The highest BCUT2D eigenvalue weighted by Crippen LogP contribution is 2.15. The molecule has 7 heteroatoms. The molecule has 0 aliphatic carbocycles. The molecule has 112 valence electrons. The van der Waals surface area contributed by atoms with Gasteiger partial charge in [-0.15, -0.1) is 0 Å². The molecule has 0 amide bonds. The lowest BCUT2D eigenvalue weighted by molar-refractivity contribution is -0.384. The van der Waals surface area contributed by atoms with Gasteiger partial charge in [0.2, 0.25) is 6.29 Å². The Labute approximate surface area is 125 Å². The molecule has 2 aromatic carbocycles. The predicted octanol–water partition coefficient (Wildman–Crippen LogP) is 2.10. The summed E-state index contributed by atoms with van der Waals surface area (Å²) in [5.74, 6) is -1.56. The number of nitro benzene ring substituents is 1. The average Bonchev–Trinajstić information content (AvgIpc) is 2.55. The molecule has 0 atom stereocenters. The van der Waals surface area contributed by atoms with Crippen LogP contribution in [-0.4, -0.2) is 28.1 Å². The Hall–Kier alpha value is -3.35. The number of benzene rings is 2. The van der Waals surface area contributed by atoms with Gasteiger partial charge in [-0.05, 0) is 12.1 Å². The third kappa shape index (κ3) is 4.97. The lowest BCUT2D eigenvalue weighted by Crippen LogP contribution is -2.00. The Morgan fingerprint density at radius 3 is 1.82 bits per heavy atom. The lowest BCUT2D eigenvalue weighted by atomic mass is 10.0. The molecule has 2 aromatic rings. The second-order valence-corrected chi connectivity index (χ2v) is 3.96. The third-order valence-electron chi connectivity index (χ3n) is 2.48. The number of non-ortho nitro benzene ring substituents is 1. The summed E-state index contributed by atoms with van der Waals surface area (Å²) in [4.78, 5) is 39.8. The number of nitro groups is 1. The van der Waals surface area contributed by atoms with Crippen LogP contribution in [0.4, 0.5) is 5.69 Å². The largest absolute Gasteiger partial charge is 0.476 e. The van der Waals surface area contributed by atoms with Crippen molar-refractivity contribution in [3.8, 4) is 0 Å². The van der Waals surface area contributed by atoms with Crippen LogP contribution >= 0.6 is 0 Å². The van der Waals surface area contributed by atoms with Gasteiger partial charge in [-0.3, -0.25) is 19.7 Å². The number of rotatable bonds is 4. The molecule has 0 aromatic heterocycles. The van der Waals surface area contributed by atoms with Crippen molar-refractivity contribution < 1.29 is 24.4 Å². The van der Waals surface area contributed by atoms with E-state index in [0.717, 1.165) is 0 Å².